The Labute approximate surface area is 106 Å². The van der Waals surface area contributed by atoms with E-state index in [4.69, 9.17) is 9.84 Å². The second-order valence-corrected chi connectivity index (χ2v) is 5.38. The van der Waals surface area contributed by atoms with Crippen LogP contribution in [0.25, 0.3) is 0 Å². The number of benzene rings is 1. The molecule has 2 rings (SSSR count). The monoisotopic (exact) mass is 250 g/mol. The molecule has 0 radical (unpaired) electrons. The highest BCUT2D eigenvalue weighted by Gasteiger charge is 2.37. The smallest absolute Gasteiger partial charge is 0.170 e. The van der Waals surface area contributed by atoms with E-state index in [0.717, 1.165) is 0 Å². The van der Waals surface area contributed by atoms with Crippen LogP contribution >= 0.6 is 0 Å². The summed E-state index contributed by atoms with van der Waals surface area (Å²) in [6.07, 6.45) is 0.621. The van der Waals surface area contributed by atoms with Gasteiger partial charge < -0.3 is 14.9 Å². The predicted molar refractivity (Wildman–Crippen MR) is 67.0 cm³/mol. The van der Waals surface area contributed by atoms with Gasteiger partial charge in [0.25, 0.3) is 0 Å². The number of aromatic hydroxyl groups is 1. The Balaban J connectivity index is 2.28. The fourth-order valence-corrected chi connectivity index (χ4v) is 2.20. The number of ether oxygens (including phenoxy) is 1. The second kappa shape index (κ2) is 4.61. The standard InChI is InChI=1S/C14H18O4/c1-14(2,5-6-15)13-8-11(17)10-7-9(16)3-4-12(10)18-13/h3-4,7,13,15-16H,5-6,8H2,1-2H3/t13-/m0/s1. The van der Waals surface area contributed by atoms with Gasteiger partial charge in [-0.05, 0) is 24.6 Å². The van der Waals surface area contributed by atoms with Crippen molar-refractivity contribution < 1.29 is 19.7 Å². The van der Waals surface area contributed by atoms with Crippen LogP contribution in [0.15, 0.2) is 18.2 Å². The summed E-state index contributed by atoms with van der Waals surface area (Å²) >= 11 is 0. The van der Waals surface area contributed by atoms with Gasteiger partial charge in [0, 0.05) is 18.4 Å². The van der Waals surface area contributed by atoms with E-state index in [1.165, 1.54) is 12.1 Å². The van der Waals surface area contributed by atoms with Crippen LogP contribution in [0.2, 0.25) is 0 Å². The molecule has 1 aromatic rings. The molecule has 0 bridgehead atoms. The number of hydrogen-bond donors (Lipinski definition) is 2. The number of aliphatic hydroxyl groups excluding tert-OH is 1. The minimum atomic E-state index is -0.264. The lowest BCUT2D eigenvalue weighted by molar-refractivity contribution is 0.0338. The van der Waals surface area contributed by atoms with Gasteiger partial charge in [-0.3, -0.25) is 4.79 Å². The summed E-state index contributed by atoms with van der Waals surface area (Å²) in [6.45, 7) is 4.03. The molecule has 1 aliphatic heterocycles. The summed E-state index contributed by atoms with van der Waals surface area (Å²) in [5.41, 5.74) is 0.172. The number of phenolic OH excluding ortho intramolecular Hbond substituents is 1. The Hall–Kier alpha value is -1.55. The highest BCUT2D eigenvalue weighted by molar-refractivity contribution is 6.00. The van der Waals surface area contributed by atoms with E-state index in [0.29, 0.717) is 17.7 Å². The second-order valence-electron chi connectivity index (χ2n) is 5.38. The quantitative estimate of drug-likeness (QED) is 0.862. The fraction of sp³-hybridized carbons (Fsp3) is 0.500. The van der Waals surface area contributed by atoms with Gasteiger partial charge in [0.2, 0.25) is 0 Å². The Morgan fingerprint density at radius 2 is 2.17 bits per heavy atom. The molecule has 0 aromatic heterocycles. The van der Waals surface area contributed by atoms with Crippen molar-refractivity contribution in [3.8, 4) is 11.5 Å². The Bertz CT molecular complexity index is 465. The fourth-order valence-electron chi connectivity index (χ4n) is 2.20. The van der Waals surface area contributed by atoms with Crippen molar-refractivity contribution in [3.63, 3.8) is 0 Å². The van der Waals surface area contributed by atoms with Gasteiger partial charge in [0.05, 0.1) is 5.56 Å². The molecule has 0 saturated carbocycles. The third kappa shape index (κ3) is 2.34. The van der Waals surface area contributed by atoms with E-state index in [1.54, 1.807) is 6.07 Å². The first-order chi connectivity index (χ1) is 8.44. The van der Waals surface area contributed by atoms with Crippen molar-refractivity contribution in [3.05, 3.63) is 23.8 Å². The van der Waals surface area contributed by atoms with Gasteiger partial charge >= 0.3 is 0 Å². The number of carbonyl (C=O) groups excluding carboxylic acids is 1. The van der Waals surface area contributed by atoms with Crippen LogP contribution in [-0.2, 0) is 0 Å². The van der Waals surface area contributed by atoms with Gasteiger partial charge in [-0.15, -0.1) is 0 Å². The minimum Gasteiger partial charge on any atom is -0.508 e. The van der Waals surface area contributed by atoms with Crippen LogP contribution in [0, 0.1) is 5.41 Å². The topological polar surface area (TPSA) is 66.8 Å². The molecule has 0 unspecified atom stereocenters. The molecule has 2 N–H and O–H groups in total. The number of aliphatic hydroxyl groups is 1. The molecule has 1 atom stereocenters. The van der Waals surface area contributed by atoms with Crippen molar-refractivity contribution >= 4 is 5.78 Å². The van der Waals surface area contributed by atoms with Crippen LogP contribution in [0.3, 0.4) is 0 Å². The van der Waals surface area contributed by atoms with E-state index in [-0.39, 0.29) is 36.1 Å². The number of Topliss-reactive ketones (excluding diaryl/α,β-unsaturated/α-hetero) is 1. The molecule has 0 saturated heterocycles. The molecule has 0 aliphatic carbocycles. The van der Waals surface area contributed by atoms with Gasteiger partial charge in [-0.1, -0.05) is 13.8 Å². The van der Waals surface area contributed by atoms with Crippen LogP contribution < -0.4 is 4.74 Å². The number of rotatable bonds is 3. The highest BCUT2D eigenvalue weighted by atomic mass is 16.5. The van der Waals surface area contributed by atoms with Gasteiger partial charge in [0.15, 0.2) is 5.78 Å². The molecule has 1 aliphatic rings. The molecule has 0 fully saturated rings. The maximum Gasteiger partial charge on any atom is 0.170 e. The van der Waals surface area contributed by atoms with Gasteiger partial charge in [0.1, 0.15) is 17.6 Å². The molecule has 0 amide bonds. The molecule has 18 heavy (non-hydrogen) atoms. The lowest BCUT2D eigenvalue weighted by Gasteiger charge is -2.36. The summed E-state index contributed by atoms with van der Waals surface area (Å²) < 4.78 is 5.83. The highest BCUT2D eigenvalue weighted by Crippen LogP contribution is 2.38. The Morgan fingerprint density at radius 1 is 1.44 bits per heavy atom. The molecule has 0 spiro atoms. The molecule has 1 heterocycles. The summed E-state index contributed by atoms with van der Waals surface area (Å²) in [5.74, 6) is 0.557. The Morgan fingerprint density at radius 3 is 2.83 bits per heavy atom. The zero-order chi connectivity index (χ0) is 13.3. The number of fused-ring (bicyclic) bond motifs is 1. The van der Waals surface area contributed by atoms with Crippen LogP contribution in [0.4, 0.5) is 0 Å². The van der Waals surface area contributed by atoms with Crippen LogP contribution in [0.5, 0.6) is 11.5 Å². The molecule has 1 aromatic carbocycles. The number of phenols is 1. The lowest BCUT2D eigenvalue weighted by Crippen LogP contribution is -2.40. The number of hydrogen-bond acceptors (Lipinski definition) is 4. The first kappa shape index (κ1) is 12.9. The van der Waals surface area contributed by atoms with Crippen molar-refractivity contribution in [1.82, 2.24) is 0 Å². The van der Waals surface area contributed by atoms with Crippen LogP contribution in [0.1, 0.15) is 37.0 Å². The van der Waals surface area contributed by atoms with E-state index in [9.17, 15) is 9.90 Å². The predicted octanol–water partition coefficient (Wildman–Crippen LogP) is 2.13. The maximum atomic E-state index is 12.0. The van der Waals surface area contributed by atoms with E-state index < -0.39 is 0 Å². The summed E-state index contributed by atoms with van der Waals surface area (Å²) in [6, 6.07) is 4.56. The van der Waals surface area contributed by atoms with Gasteiger partial charge in [-0.25, -0.2) is 0 Å². The van der Waals surface area contributed by atoms with Crippen molar-refractivity contribution in [2.75, 3.05) is 6.61 Å². The summed E-state index contributed by atoms with van der Waals surface area (Å²) in [7, 11) is 0. The van der Waals surface area contributed by atoms with Gasteiger partial charge in [-0.2, -0.15) is 0 Å². The van der Waals surface area contributed by atoms with Crippen molar-refractivity contribution in [2.24, 2.45) is 5.41 Å². The zero-order valence-corrected chi connectivity index (χ0v) is 10.6. The Kier molecular flexibility index (Phi) is 3.30. The molecule has 98 valence electrons. The van der Waals surface area contributed by atoms with Crippen molar-refractivity contribution in [1.29, 1.82) is 0 Å². The molecular weight excluding hydrogens is 232 g/mol. The third-order valence-electron chi connectivity index (χ3n) is 3.53. The maximum absolute atomic E-state index is 12.0. The first-order valence-corrected chi connectivity index (χ1v) is 6.08. The molecule has 4 nitrogen and oxygen atoms in total. The molecule has 4 heteroatoms. The van der Waals surface area contributed by atoms with Crippen LogP contribution in [-0.4, -0.2) is 28.7 Å². The molecular formula is C14H18O4. The van der Waals surface area contributed by atoms with Crippen molar-refractivity contribution in [2.45, 2.75) is 32.8 Å². The SMILES string of the molecule is CC(C)(CCO)[C@@H]1CC(=O)c2cc(O)ccc2O1. The number of ketones is 1. The first-order valence-electron chi connectivity index (χ1n) is 6.08. The zero-order valence-electron chi connectivity index (χ0n) is 10.6. The lowest BCUT2D eigenvalue weighted by atomic mass is 9.79. The normalized spacial score (nSPS) is 19.3. The van der Waals surface area contributed by atoms with E-state index in [2.05, 4.69) is 0 Å². The summed E-state index contributed by atoms with van der Waals surface area (Å²) in [5, 5.41) is 18.4. The minimum absolute atomic E-state index is 0.0248. The van der Waals surface area contributed by atoms with E-state index >= 15 is 0 Å². The average Bonchev–Trinajstić information content (AvgIpc) is 2.29. The average molecular weight is 250 g/mol. The number of carbonyl (C=O) groups is 1. The van der Waals surface area contributed by atoms with E-state index in [1.807, 2.05) is 13.8 Å². The largest absolute Gasteiger partial charge is 0.508 e. The summed E-state index contributed by atoms with van der Waals surface area (Å²) in [4.78, 5) is 12.0. The third-order valence-corrected chi connectivity index (χ3v) is 3.53.